The van der Waals surface area contributed by atoms with E-state index in [9.17, 15) is 4.39 Å². The number of hydrogen-bond donors (Lipinski definition) is 1. The number of thiophene rings is 1. The van der Waals surface area contributed by atoms with Crippen LogP contribution in [0.2, 0.25) is 0 Å². The van der Waals surface area contributed by atoms with Crippen molar-refractivity contribution in [2.24, 2.45) is 5.92 Å². The second-order valence-electron chi connectivity index (χ2n) is 8.73. The van der Waals surface area contributed by atoms with Gasteiger partial charge in [-0.1, -0.05) is 97.7 Å². The molecule has 0 saturated heterocycles. The van der Waals surface area contributed by atoms with E-state index in [1.807, 2.05) is 11.3 Å². The van der Waals surface area contributed by atoms with Crippen LogP contribution in [-0.2, 0) is 0 Å². The maximum atomic E-state index is 12.1. The molecule has 1 N–H and O–H groups in total. The van der Waals surface area contributed by atoms with Gasteiger partial charge in [-0.05, 0) is 48.2 Å². The van der Waals surface area contributed by atoms with Crippen LogP contribution >= 0.6 is 11.3 Å². The van der Waals surface area contributed by atoms with Crippen LogP contribution in [0, 0.1) is 5.92 Å². The Hall–Kier alpha value is -3.95. The Morgan fingerprint density at radius 1 is 0.972 bits per heavy atom. The van der Waals surface area contributed by atoms with E-state index in [2.05, 4.69) is 109 Å². The largest absolute Gasteiger partial charge is 0.355 e. The van der Waals surface area contributed by atoms with Gasteiger partial charge in [0.25, 0.3) is 0 Å². The minimum atomic E-state index is -0.262. The number of allylic oxidation sites excluding steroid dienone is 10. The van der Waals surface area contributed by atoms with Gasteiger partial charge < -0.3 is 5.32 Å². The third kappa shape index (κ3) is 4.75. The summed E-state index contributed by atoms with van der Waals surface area (Å²) < 4.78 is 13.5. The van der Waals surface area contributed by atoms with Crippen molar-refractivity contribution in [3.8, 4) is 0 Å². The molecule has 0 spiro atoms. The van der Waals surface area contributed by atoms with Crippen molar-refractivity contribution >= 4 is 49.6 Å². The summed E-state index contributed by atoms with van der Waals surface area (Å²) in [5.41, 5.74) is 3.70. The van der Waals surface area contributed by atoms with Gasteiger partial charge in [0.05, 0.1) is 0 Å². The van der Waals surface area contributed by atoms with Crippen LogP contribution in [0.3, 0.4) is 0 Å². The number of halogens is 1. The highest BCUT2D eigenvalue weighted by atomic mass is 32.1. The van der Waals surface area contributed by atoms with Gasteiger partial charge in [-0.25, -0.2) is 4.39 Å². The molecule has 4 aromatic rings. The molecule has 6 rings (SSSR count). The molecular formula is C33H28FNS. The van der Waals surface area contributed by atoms with Crippen LogP contribution in [-0.4, -0.2) is 0 Å². The van der Waals surface area contributed by atoms with Crippen molar-refractivity contribution in [3.05, 3.63) is 138 Å². The molecule has 3 heteroatoms. The molecule has 0 bridgehead atoms. The van der Waals surface area contributed by atoms with E-state index in [0.29, 0.717) is 11.8 Å². The fourth-order valence-electron chi connectivity index (χ4n) is 4.80. The topological polar surface area (TPSA) is 12.0 Å². The van der Waals surface area contributed by atoms with Gasteiger partial charge in [0, 0.05) is 43.6 Å². The Bertz CT molecular complexity index is 1550. The molecule has 2 aliphatic rings. The number of nitrogens with one attached hydrogen (secondary N) is 1. The van der Waals surface area contributed by atoms with Crippen LogP contribution < -0.4 is 5.32 Å². The summed E-state index contributed by atoms with van der Waals surface area (Å²) in [4.78, 5) is 1.49. The third-order valence-electron chi connectivity index (χ3n) is 6.38. The van der Waals surface area contributed by atoms with Gasteiger partial charge in [-0.3, -0.25) is 0 Å². The lowest BCUT2D eigenvalue weighted by molar-refractivity contribution is 0.667. The van der Waals surface area contributed by atoms with Crippen molar-refractivity contribution in [1.29, 1.82) is 0 Å². The van der Waals surface area contributed by atoms with E-state index >= 15 is 0 Å². The number of para-hydroxylation sites is 1. The van der Waals surface area contributed by atoms with E-state index in [1.54, 1.807) is 13.0 Å². The number of hydrogen-bond acceptors (Lipinski definition) is 2. The number of benzene rings is 3. The second kappa shape index (κ2) is 10.8. The van der Waals surface area contributed by atoms with E-state index in [1.165, 1.54) is 55.2 Å². The number of rotatable bonds is 4. The average Bonchev–Trinajstić information content (AvgIpc) is 3.29. The maximum Gasteiger partial charge on any atom is 0.122 e. The van der Waals surface area contributed by atoms with Crippen molar-refractivity contribution < 1.29 is 4.39 Å². The molecular weight excluding hydrogens is 461 g/mol. The van der Waals surface area contributed by atoms with E-state index in [0.717, 1.165) is 5.69 Å². The van der Waals surface area contributed by atoms with Crippen molar-refractivity contribution in [3.63, 3.8) is 0 Å². The average molecular weight is 490 g/mol. The quantitative estimate of drug-likeness (QED) is 0.281. The first kappa shape index (κ1) is 23.8. The first-order valence-corrected chi connectivity index (χ1v) is 13.0. The Morgan fingerprint density at radius 2 is 1.72 bits per heavy atom. The van der Waals surface area contributed by atoms with Crippen molar-refractivity contribution in [2.75, 3.05) is 5.32 Å². The lowest BCUT2D eigenvalue weighted by atomic mass is 9.81. The van der Waals surface area contributed by atoms with E-state index < -0.39 is 0 Å². The normalized spacial score (nSPS) is 18.1. The van der Waals surface area contributed by atoms with Crippen LogP contribution in [0.4, 0.5) is 15.8 Å². The summed E-state index contributed by atoms with van der Waals surface area (Å²) in [6.07, 6.45) is 19.5. The zero-order valence-electron chi connectivity index (χ0n) is 20.2. The van der Waals surface area contributed by atoms with E-state index in [4.69, 9.17) is 0 Å². The molecule has 0 radical (unpaired) electrons. The molecule has 2 aliphatic carbocycles. The fourth-order valence-corrected chi connectivity index (χ4v) is 6.19. The summed E-state index contributed by atoms with van der Waals surface area (Å²) in [6.45, 7) is 5.09. The summed E-state index contributed by atoms with van der Waals surface area (Å²) in [7, 11) is 0. The van der Waals surface area contributed by atoms with Crippen molar-refractivity contribution in [2.45, 2.75) is 12.8 Å². The maximum absolute atomic E-state index is 12.1. The standard InChI is InChI=1S/C26H19NS.C7H9F/c1-2-9-18(10-3-1)27-23-16-24-25(21-13-7-6-12-20(21)23)22-15-14-17-8-4-5-11-19(17)26(22)28-24;1-3-5-7(8)6-4-2/h1-17,19,27H;3-6H,1H2,2H3/b;6-4-,7-5+. The highest BCUT2D eigenvalue weighted by Crippen LogP contribution is 2.48. The molecule has 1 aromatic heterocycles. The fraction of sp³-hybridized carbons (Fsp3) is 0.0909. The molecule has 2 atom stereocenters. The second-order valence-corrected chi connectivity index (χ2v) is 9.82. The molecule has 0 aliphatic heterocycles. The molecule has 36 heavy (non-hydrogen) atoms. The minimum absolute atomic E-state index is 0.262. The highest BCUT2D eigenvalue weighted by Gasteiger charge is 2.28. The van der Waals surface area contributed by atoms with Gasteiger partial charge >= 0.3 is 0 Å². The molecule has 1 nitrogen and oxygen atoms in total. The lowest BCUT2D eigenvalue weighted by Gasteiger charge is -2.24. The predicted molar refractivity (Wildman–Crippen MR) is 157 cm³/mol. The first-order valence-electron chi connectivity index (χ1n) is 12.1. The van der Waals surface area contributed by atoms with Crippen molar-refractivity contribution in [1.82, 2.24) is 0 Å². The first-order chi connectivity index (χ1) is 17.7. The Morgan fingerprint density at radius 3 is 2.50 bits per heavy atom. The monoisotopic (exact) mass is 489 g/mol. The zero-order valence-corrected chi connectivity index (χ0v) is 21.0. The SMILES string of the molecule is C1=CC2C=Cc3c(sc4cc(Nc5ccccc5)c5ccccc5c34)C2C=C1.C=C/C=C(F)\C=C/C. The molecule has 3 aromatic carbocycles. The summed E-state index contributed by atoms with van der Waals surface area (Å²) in [5.74, 6) is 0.688. The number of fused-ring (bicyclic) bond motifs is 7. The molecule has 0 saturated carbocycles. The van der Waals surface area contributed by atoms with Gasteiger partial charge in [-0.15, -0.1) is 11.3 Å². The van der Waals surface area contributed by atoms with Gasteiger partial charge in [-0.2, -0.15) is 0 Å². The summed E-state index contributed by atoms with van der Waals surface area (Å²) in [5, 5.41) is 7.63. The van der Waals surface area contributed by atoms with Gasteiger partial charge in [0.15, 0.2) is 0 Å². The number of anilines is 2. The predicted octanol–water partition coefficient (Wildman–Crippen LogP) is 10.3. The highest BCUT2D eigenvalue weighted by molar-refractivity contribution is 7.19. The van der Waals surface area contributed by atoms with Gasteiger partial charge in [0.1, 0.15) is 5.83 Å². The third-order valence-corrected chi connectivity index (χ3v) is 7.64. The Balaban J connectivity index is 0.000000292. The lowest BCUT2D eigenvalue weighted by Crippen LogP contribution is -2.11. The molecule has 178 valence electrons. The Labute approximate surface area is 216 Å². The van der Waals surface area contributed by atoms with Crippen LogP contribution in [0.1, 0.15) is 23.3 Å². The summed E-state index contributed by atoms with van der Waals surface area (Å²) in [6, 6.07) is 21.5. The zero-order chi connectivity index (χ0) is 24.9. The molecule has 0 amide bonds. The van der Waals surface area contributed by atoms with Gasteiger partial charge in [0.2, 0.25) is 0 Å². The van der Waals surface area contributed by atoms with E-state index in [-0.39, 0.29) is 5.83 Å². The molecule has 1 heterocycles. The van der Waals surface area contributed by atoms with Crippen LogP contribution in [0.5, 0.6) is 0 Å². The smallest absolute Gasteiger partial charge is 0.122 e. The van der Waals surface area contributed by atoms with Crippen LogP contribution in [0.15, 0.2) is 128 Å². The minimum Gasteiger partial charge on any atom is -0.355 e. The Kier molecular flexibility index (Phi) is 7.11. The van der Waals surface area contributed by atoms with Crippen LogP contribution in [0.25, 0.3) is 26.9 Å². The summed E-state index contributed by atoms with van der Waals surface area (Å²) >= 11 is 1.95. The molecule has 0 fully saturated rings. The molecule has 2 unspecified atom stereocenters.